The summed E-state index contributed by atoms with van der Waals surface area (Å²) in [7, 11) is -3.25. The highest BCUT2D eigenvalue weighted by Gasteiger charge is 2.13. The molecule has 1 N–H and O–H groups in total. The Hall–Kier alpha value is -1.02. The molecule has 0 aromatic heterocycles. The number of hydrogen-bond acceptors (Lipinski definition) is 2. The molecule has 0 bridgehead atoms. The third-order valence-corrected chi connectivity index (χ3v) is 4.20. The van der Waals surface area contributed by atoms with Crippen LogP contribution in [0.1, 0.15) is 19.4 Å². The number of hydrogen-bond donors (Lipinski definition) is 1. The van der Waals surface area contributed by atoms with Gasteiger partial charge in [-0.25, -0.2) is 13.1 Å². The second-order valence-corrected chi connectivity index (χ2v) is 6.43. The van der Waals surface area contributed by atoms with Gasteiger partial charge >= 0.3 is 0 Å². The predicted octanol–water partition coefficient (Wildman–Crippen LogP) is 2.02. The van der Waals surface area contributed by atoms with E-state index in [2.05, 4.69) is 16.6 Å². The summed E-state index contributed by atoms with van der Waals surface area (Å²) >= 11 is 5.90. The van der Waals surface area contributed by atoms with Crippen molar-refractivity contribution in [1.82, 2.24) is 4.72 Å². The molecule has 0 heterocycles. The Labute approximate surface area is 107 Å². The first-order valence-corrected chi connectivity index (χ1v) is 7.08. The van der Waals surface area contributed by atoms with Gasteiger partial charge in [0.2, 0.25) is 10.0 Å². The molecule has 17 heavy (non-hydrogen) atoms. The van der Waals surface area contributed by atoms with E-state index < -0.39 is 15.3 Å². The predicted molar refractivity (Wildman–Crippen MR) is 70.4 cm³/mol. The number of sulfonamides is 1. The molecule has 3 nitrogen and oxygen atoms in total. The molecule has 0 fully saturated rings. The molecule has 92 valence electrons. The fourth-order valence-corrected chi connectivity index (χ4v) is 1.80. The Morgan fingerprint density at radius 3 is 2.59 bits per heavy atom. The van der Waals surface area contributed by atoms with E-state index in [1.165, 1.54) is 0 Å². The van der Waals surface area contributed by atoms with Crippen molar-refractivity contribution in [3.8, 4) is 11.8 Å². The standard InChI is InChI=1S/C12H14ClNO2S/c1-10(2)17(15,16)14-9-5-7-11-6-3-4-8-12(11)13/h3-4,6,8,10,14H,9H2,1-2H3. The smallest absolute Gasteiger partial charge is 0.212 e. The minimum atomic E-state index is -3.25. The van der Waals surface area contributed by atoms with Gasteiger partial charge in [0.25, 0.3) is 0 Å². The van der Waals surface area contributed by atoms with E-state index in [1.807, 2.05) is 12.1 Å². The zero-order chi connectivity index (χ0) is 12.9. The molecule has 0 aliphatic carbocycles. The second kappa shape index (κ2) is 6.06. The molecule has 1 aromatic rings. The van der Waals surface area contributed by atoms with Gasteiger partial charge in [0.15, 0.2) is 0 Å². The largest absolute Gasteiger partial charge is 0.214 e. The van der Waals surface area contributed by atoms with Gasteiger partial charge < -0.3 is 0 Å². The van der Waals surface area contributed by atoms with Crippen molar-refractivity contribution in [3.05, 3.63) is 34.9 Å². The zero-order valence-corrected chi connectivity index (χ0v) is 11.3. The monoisotopic (exact) mass is 271 g/mol. The number of nitrogens with one attached hydrogen (secondary N) is 1. The maximum absolute atomic E-state index is 11.4. The third-order valence-electron chi connectivity index (χ3n) is 2.08. The number of benzene rings is 1. The van der Waals surface area contributed by atoms with E-state index >= 15 is 0 Å². The van der Waals surface area contributed by atoms with Crippen LogP contribution in [-0.4, -0.2) is 20.2 Å². The molecule has 0 saturated carbocycles. The van der Waals surface area contributed by atoms with Gasteiger partial charge in [0.1, 0.15) is 0 Å². The van der Waals surface area contributed by atoms with Crippen LogP contribution in [0, 0.1) is 11.8 Å². The van der Waals surface area contributed by atoms with Crippen molar-refractivity contribution >= 4 is 21.6 Å². The first-order chi connectivity index (χ1) is 7.93. The van der Waals surface area contributed by atoms with Crippen molar-refractivity contribution in [2.24, 2.45) is 0 Å². The molecule has 1 rings (SSSR count). The maximum Gasteiger partial charge on any atom is 0.214 e. The summed E-state index contributed by atoms with van der Waals surface area (Å²) in [5.41, 5.74) is 0.693. The van der Waals surface area contributed by atoms with Crippen LogP contribution in [-0.2, 0) is 10.0 Å². The van der Waals surface area contributed by atoms with Crippen LogP contribution in [0.3, 0.4) is 0 Å². The van der Waals surface area contributed by atoms with Crippen LogP contribution in [0.5, 0.6) is 0 Å². The maximum atomic E-state index is 11.4. The summed E-state index contributed by atoms with van der Waals surface area (Å²) in [6.07, 6.45) is 0. The van der Waals surface area contributed by atoms with Gasteiger partial charge in [-0.1, -0.05) is 35.6 Å². The SMILES string of the molecule is CC(C)S(=O)(=O)NCC#Cc1ccccc1Cl. The van der Waals surface area contributed by atoms with Crippen molar-refractivity contribution in [1.29, 1.82) is 0 Å². The fraction of sp³-hybridized carbons (Fsp3) is 0.333. The van der Waals surface area contributed by atoms with Crippen LogP contribution in [0.15, 0.2) is 24.3 Å². The van der Waals surface area contributed by atoms with E-state index in [9.17, 15) is 8.42 Å². The highest BCUT2D eigenvalue weighted by Crippen LogP contribution is 2.12. The average molecular weight is 272 g/mol. The molecule has 0 radical (unpaired) electrons. The molecular weight excluding hydrogens is 258 g/mol. The Bertz CT molecular complexity index is 541. The normalized spacial score (nSPS) is 11.1. The highest BCUT2D eigenvalue weighted by molar-refractivity contribution is 7.90. The summed E-state index contributed by atoms with van der Waals surface area (Å²) in [5.74, 6) is 5.54. The highest BCUT2D eigenvalue weighted by atomic mass is 35.5. The van der Waals surface area contributed by atoms with Crippen molar-refractivity contribution in [3.63, 3.8) is 0 Å². The zero-order valence-electron chi connectivity index (χ0n) is 9.70. The van der Waals surface area contributed by atoms with Gasteiger partial charge in [-0.15, -0.1) is 0 Å². The quantitative estimate of drug-likeness (QED) is 0.855. The lowest BCUT2D eigenvalue weighted by atomic mass is 10.2. The van der Waals surface area contributed by atoms with Crippen molar-refractivity contribution in [2.45, 2.75) is 19.1 Å². The van der Waals surface area contributed by atoms with E-state index in [4.69, 9.17) is 11.6 Å². The van der Waals surface area contributed by atoms with E-state index in [-0.39, 0.29) is 6.54 Å². The van der Waals surface area contributed by atoms with E-state index in [1.54, 1.807) is 26.0 Å². The molecule has 0 unspecified atom stereocenters. The van der Waals surface area contributed by atoms with Gasteiger partial charge in [-0.2, -0.15) is 0 Å². The van der Waals surface area contributed by atoms with Crippen LogP contribution in [0.2, 0.25) is 5.02 Å². The van der Waals surface area contributed by atoms with Gasteiger partial charge in [0.05, 0.1) is 16.8 Å². The third kappa shape index (κ3) is 4.39. The summed E-state index contributed by atoms with van der Waals surface area (Å²) in [4.78, 5) is 0. The molecule has 0 saturated heterocycles. The molecule has 0 amide bonds. The summed E-state index contributed by atoms with van der Waals surface area (Å²) in [6, 6.07) is 7.17. The molecular formula is C12H14ClNO2S. The topological polar surface area (TPSA) is 46.2 Å². The molecule has 0 aliphatic rings. The van der Waals surface area contributed by atoms with Crippen LogP contribution < -0.4 is 4.72 Å². The molecule has 1 aromatic carbocycles. The fourth-order valence-electron chi connectivity index (χ4n) is 1.01. The number of halogens is 1. The lowest BCUT2D eigenvalue weighted by molar-refractivity contribution is 0.577. The van der Waals surface area contributed by atoms with Crippen LogP contribution in [0.25, 0.3) is 0 Å². The van der Waals surface area contributed by atoms with Crippen molar-refractivity contribution < 1.29 is 8.42 Å². The lowest BCUT2D eigenvalue weighted by Crippen LogP contribution is -2.30. The molecule has 0 atom stereocenters. The van der Waals surface area contributed by atoms with Gasteiger partial charge in [-0.3, -0.25) is 0 Å². The first-order valence-electron chi connectivity index (χ1n) is 5.15. The lowest BCUT2D eigenvalue weighted by Gasteiger charge is -2.05. The minimum absolute atomic E-state index is 0.0890. The average Bonchev–Trinajstić information content (AvgIpc) is 2.26. The Kier molecular flexibility index (Phi) is 5.01. The van der Waals surface area contributed by atoms with Crippen LogP contribution >= 0.6 is 11.6 Å². The Balaban J connectivity index is 2.63. The second-order valence-electron chi connectivity index (χ2n) is 3.70. The first kappa shape index (κ1) is 14.0. The summed E-state index contributed by atoms with van der Waals surface area (Å²) < 4.78 is 25.2. The summed E-state index contributed by atoms with van der Waals surface area (Å²) in [6.45, 7) is 3.32. The Morgan fingerprint density at radius 2 is 2.00 bits per heavy atom. The molecule has 0 spiro atoms. The van der Waals surface area contributed by atoms with Crippen molar-refractivity contribution in [2.75, 3.05) is 6.54 Å². The Morgan fingerprint density at radius 1 is 1.35 bits per heavy atom. The number of rotatable bonds is 3. The van der Waals surface area contributed by atoms with Crippen LogP contribution in [0.4, 0.5) is 0 Å². The van der Waals surface area contributed by atoms with E-state index in [0.717, 1.165) is 0 Å². The van der Waals surface area contributed by atoms with Gasteiger partial charge in [-0.05, 0) is 26.0 Å². The summed E-state index contributed by atoms with van der Waals surface area (Å²) in [5, 5.41) is 0.108. The minimum Gasteiger partial charge on any atom is -0.212 e. The van der Waals surface area contributed by atoms with E-state index in [0.29, 0.717) is 10.6 Å². The molecule has 0 aliphatic heterocycles. The molecule has 5 heteroatoms. The van der Waals surface area contributed by atoms with Gasteiger partial charge in [0, 0.05) is 5.56 Å².